The molecule has 1 saturated heterocycles. The number of carbonyl (C=O) groups excluding carboxylic acids is 1. The highest BCUT2D eigenvalue weighted by atomic mass is 35.5. The van der Waals surface area contributed by atoms with Gasteiger partial charge in [-0.1, -0.05) is 18.5 Å². The van der Waals surface area contributed by atoms with E-state index in [9.17, 15) is 9.90 Å². The molecule has 1 amide bonds. The molecule has 0 aliphatic carbocycles. The van der Waals surface area contributed by atoms with E-state index in [1.165, 1.54) is 12.1 Å². The Morgan fingerprint density at radius 1 is 1.55 bits per heavy atom. The van der Waals surface area contributed by atoms with Crippen LogP contribution in [0.3, 0.4) is 0 Å². The number of phenolic OH excluding ortho intramolecular Hbond substituents is 1. The lowest BCUT2D eigenvalue weighted by atomic mass is 10.0. The summed E-state index contributed by atoms with van der Waals surface area (Å²) >= 11 is 6.10. The third kappa shape index (κ3) is 3.44. The maximum atomic E-state index is 12.7. The van der Waals surface area contributed by atoms with Gasteiger partial charge in [0.1, 0.15) is 5.75 Å². The van der Waals surface area contributed by atoms with E-state index >= 15 is 0 Å². The zero-order chi connectivity index (χ0) is 14.5. The van der Waals surface area contributed by atoms with Crippen molar-refractivity contribution in [2.24, 2.45) is 0 Å². The Morgan fingerprint density at radius 3 is 3.00 bits per heavy atom. The number of hydrogen-bond acceptors (Lipinski definition) is 3. The standard InChI is InChI=1S/C15H21ClN2O2/c1-2-8-18(11-4-3-7-17-10-11)15(20)13-9-12(19)5-6-14(13)16/h5-6,9,11,17,19H,2-4,7-8,10H2,1H3. The van der Waals surface area contributed by atoms with E-state index in [4.69, 9.17) is 11.6 Å². The number of nitrogens with zero attached hydrogens (tertiary/aromatic N) is 1. The molecule has 0 aromatic heterocycles. The molecule has 0 bridgehead atoms. The molecule has 110 valence electrons. The van der Waals surface area contributed by atoms with Crippen LogP contribution in [0.4, 0.5) is 0 Å². The van der Waals surface area contributed by atoms with Crippen molar-refractivity contribution < 1.29 is 9.90 Å². The number of phenols is 1. The van der Waals surface area contributed by atoms with Crippen LogP contribution in [0, 0.1) is 0 Å². The molecule has 20 heavy (non-hydrogen) atoms. The number of rotatable bonds is 4. The van der Waals surface area contributed by atoms with Gasteiger partial charge >= 0.3 is 0 Å². The Morgan fingerprint density at radius 2 is 2.35 bits per heavy atom. The Hall–Kier alpha value is -1.26. The predicted molar refractivity (Wildman–Crippen MR) is 80.3 cm³/mol. The molecule has 1 aliphatic rings. The van der Waals surface area contributed by atoms with Crippen molar-refractivity contribution in [2.45, 2.75) is 32.2 Å². The summed E-state index contributed by atoms with van der Waals surface area (Å²) in [7, 11) is 0. The van der Waals surface area contributed by atoms with Gasteiger partial charge in [0.05, 0.1) is 10.6 Å². The highest BCUT2D eigenvalue weighted by Crippen LogP contribution is 2.24. The summed E-state index contributed by atoms with van der Waals surface area (Å²) in [6.07, 6.45) is 2.99. The maximum Gasteiger partial charge on any atom is 0.255 e. The van der Waals surface area contributed by atoms with Crippen molar-refractivity contribution in [1.29, 1.82) is 0 Å². The number of benzene rings is 1. The Kier molecular flexibility index (Phi) is 5.26. The zero-order valence-electron chi connectivity index (χ0n) is 11.7. The van der Waals surface area contributed by atoms with Gasteiger partial charge in [0, 0.05) is 19.1 Å². The number of piperidine rings is 1. The van der Waals surface area contributed by atoms with Crippen LogP contribution in [0.25, 0.3) is 0 Å². The van der Waals surface area contributed by atoms with Crippen molar-refractivity contribution in [3.63, 3.8) is 0 Å². The van der Waals surface area contributed by atoms with Crippen LogP contribution in [0.1, 0.15) is 36.5 Å². The summed E-state index contributed by atoms with van der Waals surface area (Å²) < 4.78 is 0. The second-order valence-corrected chi connectivity index (χ2v) is 5.57. The van der Waals surface area contributed by atoms with Crippen molar-refractivity contribution in [2.75, 3.05) is 19.6 Å². The van der Waals surface area contributed by atoms with Gasteiger partial charge in [0.15, 0.2) is 0 Å². The van der Waals surface area contributed by atoms with Crippen molar-refractivity contribution in [3.05, 3.63) is 28.8 Å². The van der Waals surface area contributed by atoms with Crippen LogP contribution >= 0.6 is 11.6 Å². The van der Waals surface area contributed by atoms with Crippen LogP contribution < -0.4 is 5.32 Å². The summed E-state index contributed by atoms with van der Waals surface area (Å²) in [5, 5.41) is 13.3. The number of hydrogen-bond donors (Lipinski definition) is 2. The molecule has 4 nitrogen and oxygen atoms in total. The molecule has 1 fully saturated rings. The predicted octanol–water partition coefficient (Wildman–Crippen LogP) is 2.65. The second kappa shape index (κ2) is 6.95. The van der Waals surface area contributed by atoms with Gasteiger partial charge in [-0.25, -0.2) is 0 Å². The van der Waals surface area contributed by atoms with Crippen LogP contribution in [0.15, 0.2) is 18.2 Å². The number of halogens is 1. The lowest BCUT2D eigenvalue weighted by molar-refractivity contribution is 0.0648. The number of aromatic hydroxyl groups is 1. The summed E-state index contributed by atoms with van der Waals surface area (Å²) in [4.78, 5) is 14.6. The molecule has 1 aliphatic heterocycles. The Bertz CT molecular complexity index is 473. The molecule has 0 saturated carbocycles. The minimum absolute atomic E-state index is 0.0657. The van der Waals surface area contributed by atoms with E-state index in [-0.39, 0.29) is 17.7 Å². The molecule has 5 heteroatoms. The Labute approximate surface area is 124 Å². The van der Waals surface area contributed by atoms with Crippen LogP contribution in [-0.4, -0.2) is 41.6 Å². The van der Waals surface area contributed by atoms with Gasteiger partial charge in [-0.3, -0.25) is 4.79 Å². The molecule has 1 aromatic rings. The first kappa shape index (κ1) is 15.1. The summed E-state index contributed by atoms with van der Waals surface area (Å²) in [6.45, 7) is 4.59. The van der Waals surface area contributed by atoms with Crippen molar-refractivity contribution >= 4 is 17.5 Å². The largest absolute Gasteiger partial charge is 0.508 e. The maximum absolute atomic E-state index is 12.7. The molecule has 2 rings (SSSR count). The first-order valence-corrected chi connectivity index (χ1v) is 7.51. The van der Waals surface area contributed by atoms with E-state index in [0.29, 0.717) is 17.1 Å². The van der Waals surface area contributed by atoms with Crippen molar-refractivity contribution in [1.82, 2.24) is 10.2 Å². The first-order chi connectivity index (χ1) is 9.63. The molecular weight excluding hydrogens is 276 g/mol. The fourth-order valence-electron chi connectivity index (χ4n) is 2.62. The van der Waals surface area contributed by atoms with Crippen LogP contribution in [-0.2, 0) is 0 Å². The summed E-state index contributed by atoms with van der Waals surface area (Å²) in [5.41, 5.74) is 0.380. The fourth-order valence-corrected chi connectivity index (χ4v) is 2.82. The first-order valence-electron chi connectivity index (χ1n) is 7.13. The Balaban J connectivity index is 2.23. The number of amides is 1. The summed E-state index contributed by atoms with van der Waals surface area (Å²) in [5.74, 6) is -0.0302. The lowest BCUT2D eigenvalue weighted by Gasteiger charge is -2.34. The van der Waals surface area contributed by atoms with E-state index in [1.54, 1.807) is 6.07 Å². The normalized spacial score (nSPS) is 18.8. The zero-order valence-corrected chi connectivity index (χ0v) is 12.5. The fraction of sp³-hybridized carbons (Fsp3) is 0.533. The molecule has 0 radical (unpaired) electrons. The van der Waals surface area contributed by atoms with E-state index in [2.05, 4.69) is 12.2 Å². The third-order valence-corrected chi connectivity index (χ3v) is 3.95. The molecule has 1 heterocycles. The molecule has 1 atom stereocenters. The highest BCUT2D eigenvalue weighted by molar-refractivity contribution is 6.33. The van der Waals surface area contributed by atoms with Crippen LogP contribution in [0.2, 0.25) is 5.02 Å². The van der Waals surface area contributed by atoms with E-state index in [1.807, 2.05) is 4.90 Å². The lowest BCUT2D eigenvalue weighted by Crippen LogP contribution is -2.49. The topological polar surface area (TPSA) is 52.6 Å². The summed E-state index contributed by atoms with van der Waals surface area (Å²) in [6, 6.07) is 4.71. The van der Waals surface area contributed by atoms with E-state index < -0.39 is 0 Å². The number of nitrogens with one attached hydrogen (secondary N) is 1. The second-order valence-electron chi connectivity index (χ2n) is 5.16. The van der Waals surface area contributed by atoms with Gasteiger partial charge in [0.2, 0.25) is 0 Å². The molecule has 1 aromatic carbocycles. The van der Waals surface area contributed by atoms with Gasteiger partial charge in [-0.05, 0) is 44.0 Å². The molecule has 0 spiro atoms. The quantitative estimate of drug-likeness (QED) is 0.898. The highest BCUT2D eigenvalue weighted by Gasteiger charge is 2.26. The van der Waals surface area contributed by atoms with Gasteiger partial charge in [-0.15, -0.1) is 0 Å². The SMILES string of the molecule is CCCN(C(=O)c1cc(O)ccc1Cl)C1CCCNC1. The minimum atomic E-state index is -0.0959. The van der Waals surface area contributed by atoms with E-state index in [0.717, 1.165) is 32.4 Å². The van der Waals surface area contributed by atoms with Gasteiger partial charge in [-0.2, -0.15) is 0 Å². The van der Waals surface area contributed by atoms with Crippen LogP contribution in [0.5, 0.6) is 5.75 Å². The average Bonchev–Trinajstić information content (AvgIpc) is 2.47. The molecular formula is C15H21ClN2O2. The van der Waals surface area contributed by atoms with Gasteiger partial charge in [0.25, 0.3) is 5.91 Å². The smallest absolute Gasteiger partial charge is 0.255 e. The number of carbonyl (C=O) groups is 1. The average molecular weight is 297 g/mol. The van der Waals surface area contributed by atoms with Crippen molar-refractivity contribution in [3.8, 4) is 5.75 Å². The van der Waals surface area contributed by atoms with Gasteiger partial charge < -0.3 is 15.3 Å². The molecule has 1 unspecified atom stereocenters. The molecule has 2 N–H and O–H groups in total. The monoisotopic (exact) mass is 296 g/mol. The minimum Gasteiger partial charge on any atom is -0.508 e. The third-order valence-electron chi connectivity index (χ3n) is 3.62.